The van der Waals surface area contributed by atoms with E-state index in [-0.39, 0.29) is 29.6 Å². The smallest absolute Gasteiger partial charge is 0.251 e. The summed E-state index contributed by atoms with van der Waals surface area (Å²) < 4.78 is 1.78. The number of amides is 4. The Morgan fingerprint density at radius 3 is 2.42 bits per heavy atom. The van der Waals surface area contributed by atoms with Crippen LogP contribution in [0.25, 0.3) is 10.9 Å². The average molecular weight is 622 g/mol. The highest BCUT2D eigenvalue weighted by Gasteiger charge is 2.42. The number of carbonyl (C=O) groups excluding carboxylic acids is 6. The van der Waals surface area contributed by atoms with Crippen molar-refractivity contribution < 1.29 is 28.8 Å². The number of hydrogen-bond acceptors (Lipinski definition) is 6. The maximum absolute atomic E-state index is 14.1. The van der Waals surface area contributed by atoms with Crippen molar-refractivity contribution in [2.45, 2.75) is 109 Å². The fraction of sp³-hybridized carbons (Fsp3) is 0.588. The van der Waals surface area contributed by atoms with Gasteiger partial charge in [0.2, 0.25) is 17.7 Å². The van der Waals surface area contributed by atoms with Gasteiger partial charge in [-0.05, 0) is 44.1 Å². The van der Waals surface area contributed by atoms with Crippen molar-refractivity contribution >= 4 is 46.1 Å². The Labute approximate surface area is 264 Å². The Bertz CT molecular complexity index is 1430. The van der Waals surface area contributed by atoms with Crippen LogP contribution in [0.4, 0.5) is 0 Å². The van der Waals surface area contributed by atoms with E-state index in [0.29, 0.717) is 56.9 Å². The molecule has 2 aliphatic rings. The SMILES string of the molecule is CCC(=O)CCCCC[C@@H]1NC(=O)[C@H]2CCCCN2C(=O)[C@H]([C@@H](C)CC)NC(=O)[C@@H](C(=O)c2cn(C)c3ccccc23)NC1=O. The Morgan fingerprint density at radius 1 is 0.933 bits per heavy atom. The van der Waals surface area contributed by atoms with E-state index in [9.17, 15) is 28.8 Å². The molecule has 2 aliphatic heterocycles. The van der Waals surface area contributed by atoms with Crippen LogP contribution in [0.15, 0.2) is 30.5 Å². The fourth-order valence-corrected chi connectivity index (χ4v) is 6.31. The number of carbonyl (C=O) groups is 6. The molecule has 4 amide bonds. The van der Waals surface area contributed by atoms with Gasteiger partial charge in [0, 0.05) is 49.1 Å². The first-order valence-electron chi connectivity index (χ1n) is 16.4. The first-order chi connectivity index (χ1) is 21.6. The number of nitrogens with zero attached hydrogens (tertiary/aromatic N) is 2. The maximum atomic E-state index is 14.1. The quantitative estimate of drug-likeness (QED) is 0.200. The van der Waals surface area contributed by atoms with Crippen molar-refractivity contribution in [1.82, 2.24) is 25.4 Å². The third kappa shape index (κ3) is 7.80. The standard InChI is InChI=1S/C34H47N5O6/c1-5-21(3)28-34(45)39-19-13-12-18-27(39)32(43)35-25(16-9-7-8-14-22(40)6-2)31(42)37-29(33(44)36-28)30(41)24-20-38(4)26-17-11-10-15-23(24)26/h10-11,15,17,20-21,25,27-29H,5-9,12-14,16,18-19H2,1-4H3,(H,35,43)(H,36,44)(H,37,42)/t21-,25-,27+,28-,29+/m0/s1. The number of rotatable bonds is 11. The van der Waals surface area contributed by atoms with Crippen molar-refractivity contribution in [1.29, 1.82) is 0 Å². The maximum Gasteiger partial charge on any atom is 0.251 e. The number of ketones is 2. The van der Waals surface area contributed by atoms with Crippen molar-refractivity contribution in [2.24, 2.45) is 13.0 Å². The summed E-state index contributed by atoms with van der Waals surface area (Å²) >= 11 is 0. The Morgan fingerprint density at radius 2 is 1.69 bits per heavy atom. The van der Waals surface area contributed by atoms with Crippen molar-refractivity contribution in [3.05, 3.63) is 36.0 Å². The minimum absolute atomic E-state index is 0.172. The summed E-state index contributed by atoms with van der Waals surface area (Å²) in [6.07, 6.45) is 7.21. The van der Waals surface area contributed by atoms with E-state index in [1.54, 1.807) is 29.9 Å². The van der Waals surface area contributed by atoms with E-state index in [1.807, 2.05) is 32.9 Å². The van der Waals surface area contributed by atoms with Gasteiger partial charge in [0.25, 0.3) is 5.91 Å². The van der Waals surface area contributed by atoms with E-state index in [1.165, 1.54) is 4.90 Å². The predicted octanol–water partition coefficient (Wildman–Crippen LogP) is 3.19. The third-order valence-corrected chi connectivity index (χ3v) is 9.31. The summed E-state index contributed by atoms with van der Waals surface area (Å²) in [5.41, 5.74) is 1.06. The molecule has 2 fully saturated rings. The molecule has 0 unspecified atom stereocenters. The highest BCUT2D eigenvalue weighted by Crippen LogP contribution is 2.24. The number of aryl methyl sites for hydroxylation is 1. The Kier molecular flexibility index (Phi) is 11.5. The first kappa shape index (κ1) is 33.9. The zero-order valence-electron chi connectivity index (χ0n) is 26.9. The monoisotopic (exact) mass is 621 g/mol. The molecule has 3 heterocycles. The molecule has 2 saturated heterocycles. The molecule has 1 aromatic heterocycles. The summed E-state index contributed by atoms with van der Waals surface area (Å²) in [6, 6.07) is 2.90. The van der Waals surface area contributed by atoms with Gasteiger partial charge in [0.15, 0.2) is 11.8 Å². The molecule has 0 bridgehead atoms. The number of fused-ring (bicyclic) bond motifs is 2. The summed E-state index contributed by atoms with van der Waals surface area (Å²) in [6.45, 7) is 5.94. The number of para-hydroxylation sites is 1. The van der Waals surface area contributed by atoms with Gasteiger partial charge in [-0.2, -0.15) is 0 Å². The lowest BCUT2D eigenvalue weighted by molar-refractivity contribution is -0.147. The molecule has 1 aromatic carbocycles. The van der Waals surface area contributed by atoms with E-state index in [4.69, 9.17) is 0 Å². The van der Waals surface area contributed by atoms with Crippen LogP contribution >= 0.6 is 0 Å². The normalized spacial score (nSPS) is 23.7. The van der Waals surface area contributed by atoms with Crippen LogP contribution in [0.5, 0.6) is 0 Å². The van der Waals surface area contributed by atoms with Crippen LogP contribution in [0, 0.1) is 5.92 Å². The van der Waals surface area contributed by atoms with E-state index in [0.717, 1.165) is 18.4 Å². The summed E-state index contributed by atoms with van der Waals surface area (Å²) in [5.74, 6) is -2.91. The van der Waals surface area contributed by atoms with Gasteiger partial charge in [0.1, 0.15) is 23.9 Å². The van der Waals surface area contributed by atoms with E-state index in [2.05, 4.69) is 16.0 Å². The fourth-order valence-electron chi connectivity index (χ4n) is 6.31. The lowest BCUT2D eigenvalue weighted by atomic mass is 9.93. The lowest BCUT2D eigenvalue weighted by Crippen LogP contribution is -2.65. The number of Topliss-reactive ketones (excluding diaryl/α,β-unsaturated/α-hetero) is 2. The molecule has 45 heavy (non-hydrogen) atoms. The van der Waals surface area contributed by atoms with Gasteiger partial charge in [-0.15, -0.1) is 0 Å². The third-order valence-electron chi connectivity index (χ3n) is 9.31. The summed E-state index contributed by atoms with van der Waals surface area (Å²) in [7, 11) is 1.80. The van der Waals surface area contributed by atoms with E-state index >= 15 is 0 Å². The van der Waals surface area contributed by atoms with Crippen molar-refractivity contribution in [3.8, 4) is 0 Å². The van der Waals surface area contributed by atoms with Crippen LogP contribution in [0.1, 0.15) is 95.3 Å². The van der Waals surface area contributed by atoms with Crippen LogP contribution in [-0.2, 0) is 31.0 Å². The molecule has 5 atom stereocenters. The van der Waals surface area contributed by atoms with E-state index < -0.39 is 47.7 Å². The van der Waals surface area contributed by atoms with Gasteiger partial charge >= 0.3 is 0 Å². The first-order valence-corrected chi connectivity index (χ1v) is 16.4. The summed E-state index contributed by atoms with van der Waals surface area (Å²) in [5, 5.41) is 8.97. The van der Waals surface area contributed by atoms with Crippen LogP contribution in [-0.4, -0.2) is 75.4 Å². The molecule has 11 nitrogen and oxygen atoms in total. The molecule has 0 aliphatic carbocycles. The predicted molar refractivity (Wildman–Crippen MR) is 170 cm³/mol. The summed E-state index contributed by atoms with van der Waals surface area (Å²) in [4.78, 5) is 82.9. The van der Waals surface area contributed by atoms with Gasteiger partial charge in [-0.1, -0.05) is 58.2 Å². The second-order valence-electron chi connectivity index (χ2n) is 12.4. The number of piperidine rings is 1. The Balaban J connectivity index is 1.70. The largest absolute Gasteiger partial charge is 0.350 e. The second-order valence-corrected chi connectivity index (χ2v) is 12.4. The topological polar surface area (TPSA) is 147 Å². The van der Waals surface area contributed by atoms with Crippen molar-refractivity contribution in [2.75, 3.05) is 6.54 Å². The Hall–Kier alpha value is -4.02. The highest BCUT2D eigenvalue weighted by atomic mass is 16.2. The second kappa shape index (κ2) is 15.3. The van der Waals surface area contributed by atoms with Crippen molar-refractivity contribution in [3.63, 3.8) is 0 Å². The molecule has 4 rings (SSSR count). The van der Waals surface area contributed by atoms with Gasteiger partial charge < -0.3 is 25.4 Å². The van der Waals surface area contributed by atoms with Crippen LogP contribution in [0.3, 0.4) is 0 Å². The molecule has 3 N–H and O–H groups in total. The molecule has 0 radical (unpaired) electrons. The number of hydrogen-bond donors (Lipinski definition) is 3. The molecule has 2 aromatic rings. The van der Waals surface area contributed by atoms with Gasteiger partial charge in [-0.3, -0.25) is 28.8 Å². The molecular weight excluding hydrogens is 574 g/mol. The number of benzene rings is 1. The lowest BCUT2D eigenvalue weighted by Gasteiger charge is -2.39. The highest BCUT2D eigenvalue weighted by molar-refractivity contribution is 6.20. The molecular formula is C34H47N5O6. The molecule has 11 heteroatoms. The van der Waals surface area contributed by atoms with Crippen LogP contribution < -0.4 is 16.0 Å². The van der Waals surface area contributed by atoms with Gasteiger partial charge in [0.05, 0.1) is 0 Å². The average Bonchev–Trinajstić information content (AvgIpc) is 3.39. The number of nitrogens with one attached hydrogen (secondary N) is 3. The molecule has 0 saturated carbocycles. The molecule has 0 spiro atoms. The zero-order chi connectivity index (χ0) is 32.7. The zero-order valence-corrected chi connectivity index (χ0v) is 26.9. The molecule has 244 valence electrons. The number of unbranched alkanes of at least 4 members (excludes halogenated alkanes) is 2. The number of aromatic nitrogens is 1. The minimum Gasteiger partial charge on any atom is -0.350 e. The van der Waals surface area contributed by atoms with Crippen LogP contribution in [0.2, 0.25) is 0 Å². The van der Waals surface area contributed by atoms with Gasteiger partial charge in [-0.25, -0.2) is 0 Å². The minimum atomic E-state index is -1.62.